The number of aryl methyl sites for hydroxylation is 1. The third-order valence-electron chi connectivity index (χ3n) is 2.87. The van der Waals surface area contributed by atoms with Gasteiger partial charge < -0.3 is 14.8 Å². The molecule has 5 heteroatoms. The molecule has 1 atom stereocenters. The Morgan fingerprint density at radius 3 is 2.44 bits per heavy atom. The highest BCUT2D eigenvalue weighted by molar-refractivity contribution is 5.18. The minimum atomic E-state index is -0.271. The molecule has 0 radical (unpaired) electrons. The number of aromatic amines is 1. The summed E-state index contributed by atoms with van der Waals surface area (Å²) >= 11 is 0. The fourth-order valence-electron chi connectivity index (χ4n) is 2.04. The summed E-state index contributed by atoms with van der Waals surface area (Å²) in [5.74, 6) is 0.536. The highest BCUT2D eigenvalue weighted by Crippen LogP contribution is 2.33. The molecule has 0 saturated carbocycles. The number of methoxy groups -OCH3 is 1. The molecule has 1 aromatic rings. The Hall–Kier alpha value is -1.20. The van der Waals surface area contributed by atoms with E-state index in [0.717, 1.165) is 0 Å². The molecular weight excluding hydrogens is 232 g/mol. The van der Waals surface area contributed by atoms with Gasteiger partial charge in [0.25, 0.3) is 5.56 Å². The van der Waals surface area contributed by atoms with Gasteiger partial charge in [-0.25, -0.2) is 4.98 Å². The fraction of sp³-hybridized carbons (Fsp3) is 0.692. The molecule has 0 aliphatic heterocycles. The van der Waals surface area contributed by atoms with Crippen LogP contribution in [0.3, 0.4) is 0 Å². The van der Waals surface area contributed by atoms with Crippen LogP contribution in [0, 0.1) is 12.3 Å². The van der Waals surface area contributed by atoms with Crippen LogP contribution in [0.2, 0.25) is 0 Å². The monoisotopic (exact) mass is 254 g/mol. The number of aliphatic hydroxyl groups excluding tert-OH is 1. The van der Waals surface area contributed by atoms with Crippen LogP contribution in [-0.2, 0) is 11.2 Å². The van der Waals surface area contributed by atoms with E-state index < -0.39 is 0 Å². The average molecular weight is 254 g/mol. The van der Waals surface area contributed by atoms with Crippen LogP contribution in [0.25, 0.3) is 0 Å². The molecule has 0 saturated heterocycles. The predicted octanol–water partition coefficient (Wildman–Crippen LogP) is 1.35. The Kier molecular flexibility index (Phi) is 4.65. The van der Waals surface area contributed by atoms with Crippen molar-refractivity contribution in [3.05, 3.63) is 27.4 Å². The van der Waals surface area contributed by atoms with E-state index in [4.69, 9.17) is 9.84 Å². The van der Waals surface area contributed by atoms with Crippen molar-refractivity contribution < 1.29 is 9.84 Å². The van der Waals surface area contributed by atoms with E-state index in [0.29, 0.717) is 23.5 Å². The number of aromatic nitrogens is 2. The second kappa shape index (κ2) is 5.63. The molecule has 1 rings (SSSR count). The summed E-state index contributed by atoms with van der Waals surface area (Å²) in [6, 6.07) is 0. The first-order chi connectivity index (χ1) is 8.31. The molecule has 1 heterocycles. The summed E-state index contributed by atoms with van der Waals surface area (Å²) in [6.07, 6.45) is 0.0498. The molecule has 0 aromatic carbocycles. The molecule has 0 spiro atoms. The number of H-pyrrole nitrogens is 1. The van der Waals surface area contributed by atoms with Gasteiger partial charge >= 0.3 is 0 Å². The largest absolute Gasteiger partial charge is 0.396 e. The third kappa shape index (κ3) is 3.17. The zero-order valence-electron chi connectivity index (χ0n) is 11.7. The van der Waals surface area contributed by atoms with Gasteiger partial charge in [-0.15, -0.1) is 0 Å². The number of rotatable bonds is 4. The van der Waals surface area contributed by atoms with Crippen LogP contribution in [0.4, 0.5) is 0 Å². The van der Waals surface area contributed by atoms with Crippen molar-refractivity contribution in [3.63, 3.8) is 0 Å². The number of aliphatic hydroxyl groups is 1. The molecule has 0 fully saturated rings. The van der Waals surface area contributed by atoms with Crippen molar-refractivity contribution in [2.45, 2.75) is 40.2 Å². The normalized spacial score (nSPS) is 13.7. The lowest BCUT2D eigenvalue weighted by atomic mass is 9.88. The highest BCUT2D eigenvalue weighted by atomic mass is 16.5. The van der Waals surface area contributed by atoms with Gasteiger partial charge in [0.15, 0.2) is 0 Å². The van der Waals surface area contributed by atoms with Gasteiger partial charge in [0.05, 0.1) is 0 Å². The molecule has 0 aliphatic carbocycles. The molecule has 0 aliphatic rings. The highest BCUT2D eigenvalue weighted by Gasteiger charge is 2.28. The van der Waals surface area contributed by atoms with E-state index in [9.17, 15) is 4.79 Å². The number of nitrogens with zero attached hydrogens (tertiary/aromatic N) is 1. The van der Waals surface area contributed by atoms with Crippen LogP contribution < -0.4 is 5.56 Å². The van der Waals surface area contributed by atoms with Gasteiger partial charge in [-0.1, -0.05) is 20.8 Å². The summed E-state index contributed by atoms with van der Waals surface area (Å²) in [5.41, 5.74) is 0.826. The summed E-state index contributed by atoms with van der Waals surface area (Å²) in [4.78, 5) is 19.1. The van der Waals surface area contributed by atoms with E-state index in [2.05, 4.69) is 9.97 Å². The van der Waals surface area contributed by atoms with Gasteiger partial charge in [-0.2, -0.15) is 0 Å². The van der Waals surface area contributed by atoms with E-state index in [1.807, 2.05) is 20.8 Å². The fourth-order valence-corrected chi connectivity index (χ4v) is 2.04. The smallest absolute Gasteiger partial charge is 0.254 e. The van der Waals surface area contributed by atoms with Crippen LogP contribution in [0.1, 0.15) is 44.0 Å². The Balaban J connectivity index is 3.24. The summed E-state index contributed by atoms with van der Waals surface area (Å²) in [5, 5.41) is 8.92. The first kappa shape index (κ1) is 14.9. The van der Waals surface area contributed by atoms with E-state index in [1.165, 1.54) is 0 Å². The van der Waals surface area contributed by atoms with Crippen LogP contribution in [0.5, 0.6) is 0 Å². The van der Waals surface area contributed by atoms with E-state index in [-0.39, 0.29) is 23.7 Å². The van der Waals surface area contributed by atoms with Crippen LogP contribution in [0.15, 0.2) is 4.79 Å². The number of hydrogen-bond acceptors (Lipinski definition) is 4. The summed E-state index contributed by atoms with van der Waals surface area (Å²) in [7, 11) is 1.60. The lowest BCUT2D eigenvalue weighted by Crippen LogP contribution is -2.27. The lowest BCUT2D eigenvalue weighted by molar-refractivity contribution is 0.00832. The standard InChI is InChI=1S/C13H22N2O3/c1-8-9(6-7-16)12(17)15-11(14-8)10(18-5)13(2,3)4/h10,16H,6-7H2,1-5H3,(H,14,15,17). The molecule has 102 valence electrons. The van der Waals surface area contributed by atoms with Crippen molar-refractivity contribution in [1.82, 2.24) is 9.97 Å². The Morgan fingerprint density at radius 1 is 1.44 bits per heavy atom. The van der Waals surface area contributed by atoms with Crippen LogP contribution in [-0.4, -0.2) is 28.8 Å². The van der Waals surface area contributed by atoms with Crippen molar-refractivity contribution in [1.29, 1.82) is 0 Å². The first-order valence-electron chi connectivity index (χ1n) is 6.04. The SMILES string of the molecule is COC(c1nc(C)c(CCO)c(=O)[nH]1)C(C)(C)C. The molecule has 18 heavy (non-hydrogen) atoms. The maximum atomic E-state index is 11.9. The quantitative estimate of drug-likeness (QED) is 0.850. The molecule has 5 nitrogen and oxygen atoms in total. The van der Waals surface area contributed by atoms with E-state index >= 15 is 0 Å². The number of nitrogens with one attached hydrogen (secondary N) is 1. The summed E-state index contributed by atoms with van der Waals surface area (Å²) < 4.78 is 5.43. The van der Waals surface area contributed by atoms with Crippen molar-refractivity contribution in [2.24, 2.45) is 5.41 Å². The Labute approximate surface area is 107 Å². The number of ether oxygens (including phenoxy) is 1. The van der Waals surface area contributed by atoms with E-state index in [1.54, 1.807) is 14.0 Å². The predicted molar refractivity (Wildman–Crippen MR) is 69.6 cm³/mol. The van der Waals surface area contributed by atoms with Crippen molar-refractivity contribution in [2.75, 3.05) is 13.7 Å². The topological polar surface area (TPSA) is 75.2 Å². The maximum absolute atomic E-state index is 11.9. The molecule has 0 amide bonds. The molecule has 0 bridgehead atoms. The minimum Gasteiger partial charge on any atom is -0.396 e. The third-order valence-corrected chi connectivity index (χ3v) is 2.87. The minimum absolute atomic E-state index is 0.0576. The molecule has 2 N–H and O–H groups in total. The van der Waals surface area contributed by atoms with Gasteiger partial charge in [-0.3, -0.25) is 4.79 Å². The van der Waals surface area contributed by atoms with Gasteiger partial charge in [-0.05, 0) is 12.3 Å². The Bertz CT molecular complexity index is 460. The maximum Gasteiger partial charge on any atom is 0.254 e. The molecular formula is C13H22N2O3. The second-order valence-electron chi connectivity index (χ2n) is 5.47. The first-order valence-corrected chi connectivity index (χ1v) is 6.04. The zero-order valence-corrected chi connectivity index (χ0v) is 11.7. The average Bonchev–Trinajstić information content (AvgIpc) is 2.22. The molecule has 1 unspecified atom stereocenters. The van der Waals surface area contributed by atoms with Crippen LogP contribution >= 0.6 is 0 Å². The van der Waals surface area contributed by atoms with Gasteiger partial charge in [0.2, 0.25) is 0 Å². The molecule has 1 aromatic heterocycles. The second-order valence-corrected chi connectivity index (χ2v) is 5.47. The Morgan fingerprint density at radius 2 is 2.06 bits per heavy atom. The van der Waals surface area contributed by atoms with Gasteiger partial charge in [0.1, 0.15) is 11.9 Å². The zero-order chi connectivity index (χ0) is 13.9. The van der Waals surface area contributed by atoms with Gasteiger partial charge in [0, 0.05) is 31.4 Å². The van der Waals surface area contributed by atoms with Crippen molar-refractivity contribution in [3.8, 4) is 0 Å². The summed E-state index contributed by atoms with van der Waals surface area (Å²) in [6.45, 7) is 7.80. The van der Waals surface area contributed by atoms with Crippen molar-refractivity contribution >= 4 is 0 Å². The number of hydrogen-bond donors (Lipinski definition) is 2. The lowest BCUT2D eigenvalue weighted by Gasteiger charge is -2.28.